The summed E-state index contributed by atoms with van der Waals surface area (Å²) in [4.78, 5) is 16.5. The zero-order valence-electron chi connectivity index (χ0n) is 15.2. The van der Waals surface area contributed by atoms with Gasteiger partial charge in [-0.3, -0.25) is 4.79 Å². The molecule has 0 atom stereocenters. The SMILES string of the molecule is CC(C)N(c1cc(C#N)ccc1C(=O)N1CCC(F)(F)CC1)C(C)C. The molecule has 0 spiro atoms. The Morgan fingerprint density at radius 3 is 2.24 bits per heavy atom. The Labute approximate surface area is 148 Å². The van der Waals surface area contributed by atoms with E-state index < -0.39 is 5.92 Å². The Morgan fingerprint density at radius 1 is 1.20 bits per heavy atom. The number of amides is 1. The van der Waals surface area contributed by atoms with Crippen LogP contribution in [0.5, 0.6) is 0 Å². The lowest BCUT2D eigenvalue weighted by Crippen LogP contribution is -2.44. The van der Waals surface area contributed by atoms with Crippen LogP contribution >= 0.6 is 0 Å². The van der Waals surface area contributed by atoms with Gasteiger partial charge in [0.15, 0.2) is 0 Å². The molecule has 136 valence electrons. The molecule has 0 N–H and O–H groups in total. The van der Waals surface area contributed by atoms with Crippen molar-refractivity contribution in [2.45, 2.75) is 58.5 Å². The molecule has 1 amide bonds. The lowest BCUT2D eigenvalue weighted by atomic mass is 10.0. The highest BCUT2D eigenvalue weighted by atomic mass is 19.3. The molecule has 25 heavy (non-hydrogen) atoms. The van der Waals surface area contributed by atoms with Crippen molar-refractivity contribution in [1.82, 2.24) is 4.90 Å². The van der Waals surface area contributed by atoms with Crippen LogP contribution in [0.4, 0.5) is 14.5 Å². The van der Waals surface area contributed by atoms with Crippen molar-refractivity contribution in [1.29, 1.82) is 5.26 Å². The van der Waals surface area contributed by atoms with Gasteiger partial charge in [0, 0.05) is 38.0 Å². The number of carbonyl (C=O) groups excluding carboxylic acids is 1. The lowest BCUT2D eigenvalue weighted by molar-refractivity contribution is -0.0494. The highest BCUT2D eigenvalue weighted by molar-refractivity contribution is 6.00. The van der Waals surface area contributed by atoms with Crippen LogP contribution in [0.15, 0.2) is 18.2 Å². The third kappa shape index (κ3) is 4.28. The number of nitrogens with zero attached hydrogens (tertiary/aromatic N) is 3. The molecule has 0 saturated carbocycles. The van der Waals surface area contributed by atoms with Crippen LogP contribution in [0, 0.1) is 11.3 Å². The molecule has 1 aromatic rings. The summed E-state index contributed by atoms with van der Waals surface area (Å²) in [5, 5.41) is 9.21. The summed E-state index contributed by atoms with van der Waals surface area (Å²) in [5.41, 5.74) is 1.63. The number of nitriles is 1. The zero-order chi connectivity index (χ0) is 18.8. The molecule has 1 aromatic carbocycles. The van der Waals surface area contributed by atoms with Gasteiger partial charge in [-0.2, -0.15) is 5.26 Å². The van der Waals surface area contributed by atoms with E-state index in [0.717, 1.165) is 0 Å². The number of alkyl halides is 2. The average Bonchev–Trinajstić information content (AvgIpc) is 2.53. The largest absolute Gasteiger partial charge is 0.366 e. The minimum absolute atomic E-state index is 0.0502. The summed E-state index contributed by atoms with van der Waals surface area (Å²) in [7, 11) is 0. The van der Waals surface area contributed by atoms with Crippen LogP contribution in [0.25, 0.3) is 0 Å². The van der Waals surface area contributed by atoms with E-state index in [1.54, 1.807) is 18.2 Å². The van der Waals surface area contributed by atoms with E-state index in [2.05, 4.69) is 11.0 Å². The van der Waals surface area contributed by atoms with Crippen molar-refractivity contribution in [3.63, 3.8) is 0 Å². The Kier molecular flexibility index (Phi) is 5.66. The number of rotatable bonds is 4. The van der Waals surface area contributed by atoms with Gasteiger partial charge in [-0.1, -0.05) is 0 Å². The quantitative estimate of drug-likeness (QED) is 0.824. The fourth-order valence-electron chi connectivity index (χ4n) is 3.36. The molecule has 0 unspecified atom stereocenters. The van der Waals surface area contributed by atoms with Crippen LogP contribution in [-0.4, -0.2) is 41.9 Å². The maximum Gasteiger partial charge on any atom is 0.255 e. The second-order valence-electron chi connectivity index (χ2n) is 7.09. The van der Waals surface area contributed by atoms with Gasteiger partial charge in [-0.05, 0) is 45.9 Å². The molecule has 1 heterocycles. The van der Waals surface area contributed by atoms with Crippen LogP contribution in [0.2, 0.25) is 0 Å². The molecule has 1 fully saturated rings. The summed E-state index contributed by atoms with van der Waals surface area (Å²) in [5.74, 6) is -2.94. The van der Waals surface area contributed by atoms with Gasteiger partial charge < -0.3 is 9.80 Å². The first kappa shape index (κ1) is 19.2. The molecule has 0 aliphatic carbocycles. The molecule has 1 aliphatic rings. The summed E-state index contributed by atoms with van der Waals surface area (Å²) in [6, 6.07) is 7.33. The van der Waals surface area contributed by atoms with E-state index in [4.69, 9.17) is 0 Å². The number of hydrogen-bond donors (Lipinski definition) is 0. The second-order valence-corrected chi connectivity index (χ2v) is 7.09. The van der Waals surface area contributed by atoms with Crippen LogP contribution in [0.1, 0.15) is 56.5 Å². The monoisotopic (exact) mass is 349 g/mol. The molecule has 4 nitrogen and oxygen atoms in total. The van der Waals surface area contributed by atoms with Crippen molar-refractivity contribution in [3.8, 4) is 6.07 Å². The maximum atomic E-state index is 13.4. The van der Waals surface area contributed by atoms with Gasteiger partial charge in [0.05, 0.1) is 22.9 Å². The predicted molar refractivity (Wildman–Crippen MR) is 94.0 cm³/mol. The molecule has 6 heteroatoms. The van der Waals surface area contributed by atoms with E-state index in [1.807, 2.05) is 27.7 Å². The normalized spacial score (nSPS) is 16.8. The smallest absolute Gasteiger partial charge is 0.255 e. The number of carbonyl (C=O) groups is 1. The van der Waals surface area contributed by atoms with Crippen molar-refractivity contribution in [2.75, 3.05) is 18.0 Å². The Morgan fingerprint density at radius 2 is 1.76 bits per heavy atom. The third-order valence-electron chi connectivity index (χ3n) is 4.53. The van der Waals surface area contributed by atoms with Crippen molar-refractivity contribution in [2.24, 2.45) is 0 Å². The minimum atomic E-state index is -2.69. The number of piperidine rings is 1. The fourth-order valence-corrected chi connectivity index (χ4v) is 3.36. The number of anilines is 1. The molecule has 1 aliphatic heterocycles. The van der Waals surface area contributed by atoms with Gasteiger partial charge in [-0.15, -0.1) is 0 Å². The molecular weight excluding hydrogens is 324 g/mol. The first-order chi connectivity index (χ1) is 11.7. The second kappa shape index (κ2) is 7.38. The average molecular weight is 349 g/mol. The van der Waals surface area contributed by atoms with Crippen LogP contribution in [-0.2, 0) is 0 Å². The van der Waals surface area contributed by atoms with Crippen molar-refractivity contribution in [3.05, 3.63) is 29.3 Å². The highest BCUT2D eigenvalue weighted by Gasteiger charge is 2.36. The number of hydrogen-bond acceptors (Lipinski definition) is 3. The van der Waals surface area contributed by atoms with E-state index in [-0.39, 0.29) is 43.9 Å². The summed E-state index contributed by atoms with van der Waals surface area (Å²) >= 11 is 0. The summed E-state index contributed by atoms with van der Waals surface area (Å²) < 4.78 is 26.8. The van der Waals surface area contributed by atoms with Gasteiger partial charge in [0.1, 0.15) is 0 Å². The lowest BCUT2D eigenvalue weighted by Gasteiger charge is -2.36. The molecular formula is C19H25F2N3O. The molecule has 1 saturated heterocycles. The number of likely N-dealkylation sites (tertiary alicyclic amines) is 1. The molecule has 0 aromatic heterocycles. The first-order valence-electron chi connectivity index (χ1n) is 8.66. The Bertz CT molecular complexity index is 662. The minimum Gasteiger partial charge on any atom is -0.366 e. The zero-order valence-corrected chi connectivity index (χ0v) is 15.2. The van der Waals surface area contributed by atoms with Crippen molar-refractivity contribution < 1.29 is 13.6 Å². The van der Waals surface area contributed by atoms with E-state index in [1.165, 1.54) is 4.90 Å². The first-order valence-corrected chi connectivity index (χ1v) is 8.66. The topological polar surface area (TPSA) is 47.3 Å². The van der Waals surface area contributed by atoms with Crippen LogP contribution < -0.4 is 4.90 Å². The fraction of sp³-hybridized carbons (Fsp3) is 0.579. The molecule has 0 radical (unpaired) electrons. The predicted octanol–water partition coefficient (Wildman–Crippen LogP) is 4.05. The van der Waals surface area contributed by atoms with E-state index in [0.29, 0.717) is 16.8 Å². The summed E-state index contributed by atoms with van der Waals surface area (Å²) in [6.45, 7) is 8.19. The number of halogens is 2. The summed E-state index contributed by atoms with van der Waals surface area (Å²) in [6.07, 6.45) is -0.606. The van der Waals surface area contributed by atoms with Gasteiger partial charge in [0.25, 0.3) is 11.8 Å². The highest BCUT2D eigenvalue weighted by Crippen LogP contribution is 2.31. The Hall–Kier alpha value is -2.16. The van der Waals surface area contributed by atoms with E-state index >= 15 is 0 Å². The van der Waals surface area contributed by atoms with Crippen molar-refractivity contribution >= 4 is 11.6 Å². The Balaban J connectivity index is 2.40. The van der Waals surface area contributed by atoms with Gasteiger partial charge >= 0.3 is 0 Å². The van der Waals surface area contributed by atoms with Gasteiger partial charge in [0.2, 0.25) is 0 Å². The molecule has 2 rings (SSSR count). The van der Waals surface area contributed by atoms with Crippen LogP contribution in [0.3, 0.4) is 0 Å². The third-order valence-corrected chi connectivity index (χ3v) is 4.53. The molecule has 0 bridgehead atoms. The van der Waals surface area contributed by atoms with E-state index in [9.17, 15) is 18.8 Å². The standard InChI is InChI=1S/C19H25F2N3O/c1-13(2)24(14(3)4)17-11-15(12-22)5-6-16(17)18(25)23-9-7-19(20,21)8-10-23/h5-6,11,13-14H,7-10H2,1-4H3. The number of benzene rings is 1. The maximum absolute atomic E-state index is 13.4. The van der Waals surface area contributed by atoms with Gasteiger partial charge in [-0.25, -0.2) is 8.78 Å².